The monoisotopic (exact) mass is 1550 g/mol. The number of unbranched alkanes of at least 4 members (excludes halogenated alkanes) is 28. The van der Waals surface area contributed by atoms with E-state index in [-0.39, 0.29) is 25.7 Å². The number of rotatable bonds is 78. The van der Waals surface area contributed by atoms with E-state index >= 15 is 0 Å². The lowest BCUT2D eigenvalue weighted by atomic mass is 10.0. The number of hydrogen-bond acceptors (Lipinski definition) is 15. The van der Waals surface area contributed by atoms with Gasteiger partial charge in [-0.05, 0) is 135 Å². The number of allylic oxidation sites excluding steroid dienone is 24. The smallest absolute Gasteiger partial charge is 0.462 e. The van der Waals surface area contributed by atoms with Crippen LogP contribution in [0.2, 0.25) is 0 Å². The van der Waals surface area contributed by atoms with Crippen molar-refractivity contribution >= 4 is 39.5 Å². The number of aliphatic hydroxyl groups is 1. The SMILES string of the molecule is CC/C=C\C/C=C\C/C=C\C/C=C\C/C=C\C/C=C\CCC(=O)OCC(COP(=O)(O)OCC(O)COP(=O)(O)OCC(COC(=O)CCCCCCCC/C=C\C/C=C\C/C=C\C/C=C\CC)OC(=O)CCCCCCCCCCCCCCCCC)OC(=O)CCCCCCC/C=C\C/C=C\CCCCC. The number of phosphoric ester groups is 2. The van der Waals surface area contributed by atoms with E-state index in [4.69, 9.17) is 37.0 Å². The Hall–Kier alpha value is -5.06. The third-order valence-electron chi connectivity index (χ3n) is 17.3. The van der Waals surface area contributed by atoms with Crippen molar-refractivity contribution in [3.05, 3.63) is 146 Å². The zero-order valence-electron chi connectivity index (χ0n) is 67.7. The number of phosphoric acid groups is 2. The summed E-state index contributed by atoms with van der Waals surface area (Å²) in [7, 11) is -10.00. The summed E-state index contributed by atoms with van der Waals surface area (Å²) in [5.74, 6) is -2.30. The zero-order valence-corrected chi connectivity index (χ0v) is 69.5. The molecule has 0 spiro atoms. The molecule has 0 aliphatic rings. The molecule has 5 atom stereocenters. The molecule has 0 saturated carbocycles. The lowest BCUT2D eigenvalue weighted by Gasteiger charge is -2.21. The van der Waals surface area contributed by atoms with Gasteiger partial charge in [-0.15, -0.1) is 0 Å². The Labute approximate surface area is 656 Å². The minimum absolute atomic E-state index is 0.0300. The number of esters is 4. The predicted molar refractivity (Wildman–Crippen MR) is 445 cm³/mol. The lowest BCUT2D eigenvalue weighted by Crippen LogP contribution is -2.30. The molecule has 0 aromatic rings. The fourth-order valence-electron chi connectivity index (χ4n) is 11.0. The molecule has 0 bridgehead atoms. The van der Waals surface area contributed by atoms with Crippen molar-refractivity contribution in [3.8, 4) is 0 Å². The van der Waals surface area contributed by atoms with Crippen molar-refractivity contribution in [2.45, 2.75) is 354 Å². The fourth-order valence-corrected chi connectivity index (χ4v) is 12.6. The number of aliphatic hydroxyl groups excluding tert-OH is 1. The molecule has 0 aliphatic heterocycles. The van der Waals surface area contributed by atoms with Crippen LogP contribution in [-0.4, -0.2) is 96.7 Å². The minimum atomic E-state index is -5.00. The summed E-state index contributed by atoms with van der Waals surface area (Å²) >= 11 is 0. The van der Waals surface area contributed by atoms with Gasteiger partial charge in [0.25, 0.3) is 0 Å². The Bertz CT molecular complexity index is 2610. The zero-order chi connectivity index (χ0) is 78.9. The molecule has 0 aromatic heterocycles. The lowest BCUT2D eigenvalue weighted by molar-refractivity contribution is -0.161. The molecule has 0 amide bonds. The van der Waals surface area contributed by atoms with Crippen LogP contribution in [0.4, 0.5) is 0 Å². The van der Waals surface area contributed by atoms with Gasteiger partial charge in [0.15, 0.2) is 12.2 Å². The van der Waals surface area contributed by atoms with Crippen molar-refractivity contribution in [2.24, 2.45) is 0 Å². The number of ether oxygens (including phenoxy) is 4. The maximum Gasteiger partial charge on any atom is 0.472 e. The van der Waals surface area contributed by atoms with Gasteiger partial charge in [-0.3, -0.25) is 37.3 Å². The van der Waals surface area contributed by atoms with Crippen molar-refractivity contribution < 1.29 is 80.2 Å². The first-order valence-corrected chi connectivity index (χ1v) is 45.1. The molecule has 0 aliphatic carbocycles. The van der Waals surface area contributed by atoms with Crippen LogP contribution in [0.25, 0.3) is 0 Å². The van der Waals surface area contributed by atoms with Crippen molar-refractivity contribution in [1.82, 2.24) is 0 Å². The molecule has 19 heteroatoms. The first-order valence-electron chi connectivity index (χ1n) is 42.1. The van der Waals surface area contributed by atoms with Crippen molar-refractivity contribution in [2.75, 3.05) is 39.6 Å². The molecule has 0 saturated heterocycles. The maximum absolute atomic E-state index is 13.1. The van der Waals surface area contributed by atoms with E-state index in [0.717, 1.165) is 167 Å². The van der Waals surface area contributed by atoms with Crippen LogP contribution >= 0.6 is 15.6 Å². The molecule has 0 fully saturated rings. The van der Waals surface area contributed by atoms with E-state index in [9.17, 15) is 43.2 Å². The van der Waals surface area contributed by atoms with Crippen LogP contribution in [0.5, 0.6) is 0 Å². The standard InChI is InChI=1S/C89H150O17P2/c1-5-9-13-17-21-25-29-33-37-39-41-43-47-49-53-57-61-65-69-73-86(91)99-79-84(105-88(93)75-71-67-63-59-55-51-45-35-31-27-23-19-15-11-7-3)81-103-107(95,96)101-77-83(90)78-102-108(97,98)104-82-85(106-89(94)76-72-68-64-60-56-52-46-36-32-28-24-20-16-12-8-4)80-100-87(92)74-70-66-62-58-54-50-48-44-42-40-38-34-30-26-22-18-14-10-6-2/h9-10,13-14,21-23,25-27,33-35,37-38,41-45,49,53,61,65,83-85,90H,5-8,11-12,15-20,24,28-32,36,39-40,46-48,50-52,54-60,62-64,66-82H2,1-4H3,(H,95,96)(H,97,98)/b13-9-,14-10-,25-21-,26-22-,27-23-,37-33-,38-34-,43-41-,44-42-,45-35-,53-49-,65-61-. The van der Waals surface area contributed by atoms with Crippen LogP contribution in [0, 0.1) is 0 Å². The molecule has 0 radical (unpaired) electrons. The highest BCUT2D eigenvalue weighted by Gasteiger charge is 2.30. The molecular weight excluding hydrogens is 1400 g/mol. The average molecular weight is 1550 g/mol. The van der Waals surface area contributed by atoms with Gasteiger partial charge in [-0.25, -0.2) is 9.13 Å². The van der Waals surface area contributed by atoms with Crippen molar-refractivity contribution in [1.29, 1.82) is 0 Å². The second-order valence-corrected chi connectivity index (χ2v) is 30.6. The largest absolute Gasteiger partial charge is 0.472 e. The second kappa shape index (κ2) is 80.0. The van der Waals surface area contributed by atoms with Crippen LogP contribution in [-0.2, 0) is 65.4 Å². The molecule has 3 N–H and O–H groups in total. The first kappa shape index (κ1) is 103. The van der Waals surface area contributed by atoms with Gasteiger partial charge >= 0.3 is 39.5 Å². The predicted octanol–water partition coefficient (Wildman–Crippen LogP) is 25.0. The third kappa shape index (κ3) is 79.0. The molecular formula is C89H150O17P2. The molecule has 5 unspecified atom stereocenters. The van der Waals surface area contributed by atoms with E-state index in [1.54, 1.807) is 0 Å². The summed E-state index contributed by atoms with van der Waals surface area (Å²) in [4.78, 5) is 73.2. The fraction of sp³-hybridized carbons (Fsp3) is 0.685. The summed E-state index contributed by atoms with van der Waals surface area (Å²) in [6.45, 7) is 4.54. The van der Waals surface area contributed by atoms with Gasteiger partial charge in [0.2, 0.25) is 0 Å². The van der Waals surface area contributed by atoms with Gasteiger partial charge in [-0.1, -0.05) is 321 Å². The molecule has 0 rings (SSSR count). The Balaban J connectivity index is 5.44. The van der Waals surface area contributed by atoms with E-state index in [1.807, 2.05) is 18.2 Å². The summed E-state index contributed by atoms with van der Waals surface area (Å²) in [5, 5.41) is 10.7. The minimum Gasteiger partial charge on any atom is -0.462 e. The van der Waals surface area contributed by atoms with E-state index in [2.05, 4.69) is 155 Å². The van der Waals surface area contributed by atoms with Gasteiger partial charge < -0.3 is 33.8 Å². The summed E-state index contributed by atoms with van der Waals surface area (Å²) < 4.78 is 68.7. The molecule has 108 heavy (non-hydrogen) atoms. The first-order chi connectivity index (χ1) is 52.7. The normalized spacial score (nSPS) is 14.5. The van der Waals surface area contributed by atoms with Crippen LogP contribution < -0.4 is 0 Å². The van der Waals surface area contributed by atoms with E-state index in [0.29, 0.717) is 32.1 Å². The van der Waals surface area contributed by atoms with Gasteiger partial charge in [-0.2, -0.15) is 0 Å². The number of carbonyl (C=O) groups excluding carboxylic acids is 4. The van der Waals surface area contributed by atoms with Crippen LogP contribution in [0.15, 0.2) is 146 Å². The van der Waals surface area contributed by atoms with Gasteiger partial charge in [0, 0.05) is 25.7 Å². The molecule has 0 aromatic carbocycles. The van der Waals surface area contributed by atoms with Crippen molar-refractivity contribution in [3.63, 3.8) is 0 Å². The Morgan fingerprint density at radius 1 is 0.269 bits per heavy atom. The molecule has 618 valence electrons. The molecule has 17 nitrogen and oxygen atoms in total. The highest BCUT2D eigenvalue weighted by atomic mass is 31.2. The summed E-state index contributed by atoms with van der Waals surface area (Å²) in [6, 6.07) is 0. The van der Waals surface area contributed by atoms with Gasteiger partial charge in [0.05, 0.1) is 26.4 Å². The van der Waals surface area contributed by atoms with Crippen LogP contribution in [0.1, 0.15) is 336 Å². The maximum atomic E-state index is 13.1. The quantitative estimate of drug-likeness (QED) is 0.0169. The third-order valence-corrected chi connectivity index (χ3v) is 19.2. The number of carbonyl (C=O) groups is 4. The number of hydrogen-bond donors (Lipinski definition) is 3. The average Bonchev–Trinajstić information content (AvgIpc) is 0.923. The Morgan fingerprint density at radius 3 is 0.815 bits per heavy atom. The Morgan fingerprint density at radius 2 is 0.500 bits per heavy atom. The van der Waals surface area contributed by atoms with E-state index in [1.165, 1.54) is 83.5 Å². The van der Waals surface area contributed by atoms with Gasteiger partial charge in [0.1, 0.15) is 19.3 Å². The summed E-state index contributed by atoms with van der Waals surface area (Å²) in [5.41, 5.74) is 0. The second-order valence-electron chi connectivity index (χ2n) is 27.7. The molecule has 0 heterocycles. The topological polar surface area (TPSA) is 237 Å². The Kier molecular flexibility index (Phi) is 76.3. The highest BCUT2D eigenvalue weighted by molar-refractivity contribution is 7.47. The van der Waals surface area contributed by atoms with Crippen LogP contribution in [0.3, 0.4) is 0 Å². The highest BCUT2D eigenvalue weighted by Crippen LogP contribution is 2.45. The van der Waals surface area contributed by atoms with E-state index < -0.39 is 97.5 Å². The summed E-state index contributed by atoms with van der Waals surface area (Å²) in [6.07, 6.45) is 92.5.